The molecular formula is C15H11BrFNO2. The SMILES string of the molecule is O=C(O)c1c(Br)cccc1N1CCc2ccc(F)cc21. The van der Waals surface area contributed by atoms with Gasteiger partial charge in [0.2, 0.25) is 0 Å². The summed E-state index contributed by atoms with van der Waals surface area (Å²) in [4.78, 5) is 13.3. The summed E-state index contributed by atoms with van der Waals surface area (Å²) in [6.07, 6.45) is 0.779. The topological polar surface area (TPSA) is 40.5 Å². The number of carbonyl (C=O) groups is 1. The van der Waals surface area contributed by atoms with E-state index in [4.69, 9.17) is 0 Å². The summed E-state index contributed by atoms with van der Waals surface area (Å²) >= 11 is 3.27. The van der Waals surface area contributed by atoms with Crippen molar-refractivity contribution in [1.82, 2.24) is 0 Å². The number of benzene rings is 2. The van der Waals surface area contributed by atoms with Gasteiger partial charge in [0.05, 0.1) is 11.3 Å². The van der Waals surface area contributed by atoms with Gasteiger partial charge in [-0.05, 0) is 52.2 Å². The quantitative estimate of drug-likeness (QED) is 0.902. The highest BCUT2D eigenvalue weighted by Crippen LogP contribution is 2.38. The Hall–Kier alpha value is -1.88. The van der Waals surface area contributed by atoms with Crippen LogP contribution in [0.2, 0.25) is 0 Å². The van der Waals surface area contributed by atoms with Crippen molar-refractivity contribution in [2.75, 3.05) is 11.4 Å². The predicted molar refractivity (Wildman–Crippen MR) is 78.2 cm³/mol. The van der Waals surface area contributed by atoms with E-state index in [1.807, 2.05) is 4.90 Å². The zero-order valence-corrected chi connectivity index (χ0v) is 12.0. The van der Waals surface area contributed by atoms with Crippen LogP contribution < -0.4 is 4.90 Å². The summed E-state index contributed by atoms with van der Waals surface area (Å²) in [6.45, 7) is 0.648. The summed E-state index contributed by atoms with van der Waals surface area (Å²) < 4.78 is 14.0. The molecule has 0 amide bonds. The first-order valence-electron chi connectivity index (χ1n) is 6.15. The summed E-state index contributed by atoms with van der Waals surface area (Å²) in [6, 6.07) is 9.85. The van der Waals surface area contributed by atoms with Gasteiger partial charge in [0.25, 0.3) is 0 Å². The van der Waals surface area contributed by atoms with Gasteiger partial charge in [-0.3, -0.25) is 0 Å². The Morgan fingerprint density at radius 3 is 2.80 bits per heavy atom. The summed E-state index contributed by atoms with van der Waals surface area (Å²) in [5.41, 5.74) is 2.55. The summed E-state index contributed by atoms with van der Waals surface area (Å²) in [7, 11) is 0. The van der Waals surface area contributed by atoms with Gasteiger partial charge < -0.3 is 10.0 Å². The highest BCUT2D eigenvalue weighted by atomic mass is 79.9. The molecule has 0 bridgehead atoms. The van der Waals surface area contributed by atoms with E-state index in [9.17, 15) is 14.3 Å². The first-order valence-corrected chi connectivity index (χ1v) is 6.95. The number of hydrogen-bond acceptors (Lipinski definition) is 2. The van der Waals surface area contributed by atoms with E-state index in [-0.39, 0.29) is 11.4 Å². The van der Waals surface area contributed by atoms with E-state index in [1.165, 1.54) is 12.1 Å². The lowest BCUT2D eigenvalue weighted by molar-refractivity contribution is 0.0696. The van der Waals surface area contributed by atoms with E-state index in [2.05, 4.69) is 15.9 Å². The van der Waals surface area contributed by atoms with Crippen LogP contribution >= 0.6 is 15.9 Å². The average molecular weight is 336 g/mol. The molecule has 1 aliphatic rings. The highest BCUT2D eigenvalue weighted by molar-refractivity contribution is 9.10. The highest BCUT2D eigenvalue weighted by Gasteiger charge is 2.25. The van der Waals surface area contributed by atoms with Crippen LogP contribution in [0.25, 0.3) is 0 Å². The number of halogens is 2. The van der Waals surface area contributed by atoms with Crippen LogP contribution in [0.1, 0.15) is 15.9 Å². The van der Waals surface area contributed by atoms with Gasteiger partial charge in [0, 0.05) is 16.7 Å². The van der Waals surface area contributed by atoms with E-state index in [0.29, 0.717) is 16.7 Å². The van der Waals surface area contributed by atoms with Gasteiger partial charge in [0.1, 0.15) is 5.82 Å². The van der Waals surface area contributed by atoms with E-state index < -0.39 is 5.97 Å². The smallest absolute Gasteiger partial charge is 0.338 e. The Kier molecular flexibility index (Phi) is 3.22. The number of fused-ring (bicyclic) bond motifs is 1. The van der Waals surface area contributed by atoms with Crippen LogP contribution in [0, 0.1) is 5.82 Å². The van der Waals surface area contributed by atoms with Crippen molar-refractivity contribution in [2.24, 2.45) is 0 Å². The van der Waals surface area contributed by atoms with E-state index in [1.54, 1.807) is 24.3 Å². The van der Waals surface area contributed by atoms with Crippen LogP contribution in [-0.2, 0) is 6.42 Å². The van der Waals surface area contributed by atoms with Crippen molar-refractivity contribution < 1.29 is 14.3 Å². The number of hydrogen-bond donors (Lipinski definition) is 1. The molecule has 1 aliphatic heterocycles. The second kappa shape index (κ2) is 4.90. The van der Waals surface area contributed by atoms with Gasteiger partial charge >= 0.3 is 5.97 Å². The molecule has 0 fully saturated rings. The second-order valence-electron chi connectivity index (χ2n) is 4.61. The normalized spacial score (nSPS) is 13.4. The fourth-order valence-electron chi connectivity index (χ4n) is 2.55. The van der Waals surface area contributed by atoms with Gasteiger partial charge in [-0.15, -0.1) is 0 Å². The summed E-state index contributed by atoms with van der Waals surface area (Å²) in [5.74, 6) is -1.32. The molecule has 0 saturated carbocycles. The minimum atomic E-state index is -1.00. The third-order valence-electron chi connectivity index (χ3n) is 3.44. The van der Waals surface area contributed by atoms with Crippen molar-refractivity contribution in [3.63, 3.8) is 0 Å². The molecule has 1 heterocycles. The monoisotopic (exact) mass is 335 g/mol. The Morgan fingerprint density at radius 1 is 1.25 bits per heavy atom. The van der Waals surface area contributed by atoms with Gasteiger partial charge in [0.15, 0.2) is 0 Å². The van der Waals surface area contributed by atoms with Crippen molar-refractivity contribution in [1.29, 1.82) is 0 Å². The molecule has 102 valence electrons. The average Bonchev–Trinajstić information content (AvgIpc) is 2.80. The maximum Gasteiger partial charge on any atom is 0.338 e. The van der Waals surface area contributed by atoms with Crippen LogP contribution in [0.4, 0.5) is 15.8 Å². The molecule has 1 N–H and O–H groups in total. The van der Waals surface area contributed by atoms with Crippen LogP contribution in [0.3, 0.4) is 0 Å². The molecule has 3 nitrogen and oxygen atoms in total. The molecule has 5 heteroatoms. The number of anilines is 2. The number of rotatable bonds is 2. The molecule has 0 spiro atoms. The van der Waals surface area contributed by atoms with E-state index >= 15 is 0 Å². The van der Waals surface area contributed by atoms with Crippen LogP contribution in [0.15, 0.2) is 40.9 Å². The van der Waals surface area contributed by atoms with Gasteiger partial charge in [-0.1, -0.05) is 12.1 Å². The largest absolute Gasteiger partial charge is 0.478 e. The van der Waals surface area contributed by atoms with E-state index in [0.717, 1.165) is 17.7 Å². The number of carboxylic acid groups (broad SMARTS) is 1. The van der Waals surface area contributed by atoms with Crippen LogP contribution in [-0.4, -0.2) is 17.6 Å². The van der Waals surface area contributed by atoms with Crippen molar-refractivity contribution in [3.05, 3.63) is 57.8 Å². The van der Waals surface area contributed by atoms with Crippen molar-refractivity contribution >= 4 is 33.3 Å². The molecule has 0 aliphatic carbocycles. The standard InChI is InChI=1S/C15H11BrFNO2/c16-11-2-1-3-12(14(11)15(19)20)18-7-6-9-4-5-10(17)8-13(9)18/h1-5,8H,6-7H2,(H,19,20). The zero-order valence-electron chi connectivity index (χ0n) is 10.4. The molecule has 0 saturated heterocycles. The molecule has 2 aromatic carbocycles. The number of aromatic carboxylic acids is 1. The third-order valence-corrected chi connectivity index (χ3v) is 4.10. The fourth-order valence-corrected chi connectivity index (χ4v) is 3.08. The number of nitrogens with zero attached hydrogens (tertiary/aromatic N) is 1. The Morgan fingerprint density at radius 2 is 2.05 bits per heavy atom. The molecule has 0 atom stereocenters. The second-order valence-corrected chi connectivity index (χ2v) is 5.47. The lowest BCUT2D eigenvalue weighted by Gasteiger charge is -2.22. The minimum absolute atomic E-state index is 0.199. The van der Waals surface area contributed by atoms with Crippen molar-refractivity contribution in [2.45, 2.75) is 6.42 Å². The minimum Gasteiger partial charge on any atom is -0.478 e. The molecule has 3 rings (SSSR count). The fraction of sp³-hybridized carbons (Fsp3) is 0.133. The molecule has 0 aromatic heterocycles. The lowest BCUT2D eigenvalue weighted by Crippen LogP contribution is -2.17. The van der Waals surface area contributed by atoms with Crippen molar-refractivity contribution in [3.8, 4) is 0 Å². The first-order chi connectivity index (χ1) is 9.58. The zero-order chi connectivity index (χ0) is 14.3. The number of carboxylic acids is 1. The third kappa shape index (κ3) is 2.08. The molecule has 2 aromatic rings. The maximum atomic E-state index is 13.4. The summed E-state index contributed by atoms with van der Waals surface area (Å²) in [5, 5.41) is 9.38. The molecule has 20 heavy (non-hydrogen) atoms. The molecule has 0 unspecified atom stereocenters. The first kappa shape index (κ1) is 13.1. The van der Waals surface area contributed by atoms with Gasteiger partial charge in [-0.2, -0.15) is 0 Å². The van der Waals surface area contributed by atoms with Gasteiger partial charge in [-0.25, -0.2) is 9.18 Å². The molecule has 0 radical (unpaired) electrons. The predicted octanol–water partition coefficient (Wildman–Crippen LogP) is 3.98. The van der Waals surface area contributed by atoms with Crippen LogP contribution in [0.5, 0.6) is 0 Å². The lowest BCUT2D eigenvalue weighted by atomic mass is 10.1. The maximum absolute atomic E-state index is 13.4. The Labute approximate surface area is 123 Å². The molecular weight excluding hydrogens is 325 g/mol. The Bertz CT molecular complexity index is 702. The Balaban J connectivity index is 2.16.